The Hall–Kier alpha value is -3.54. The molecule has 0 saturated carbocycles. The third-order valence-electron chi connectivity index (χ3n) is 5.44. The van der Waals surface area contributed by atoms with E-state index in [1.807, 2.05) is 0 Å². The molecular weight excluding hydrogens is 622 g/mol. The van der Waals surface area contributed by atoms with Crippen LogP contribution in [0.4, 0.5) is 32.0 Å². The van der Waals surface area contributed by atoms with E-state index < -0.39 is 78.7 Å². The number of nitrogens with zero attached hydrogens (tertiary/aromatic N) is 1. The van der Waals surface area contributed by atoms with Gasteiger partial charge >= 0.3 is 27.7 Å². The molecule has 232 valence electrons. The smallest absolute Gasteiger partial charge is 0.486 e. The molecule has 0 saturated heterocycles. The fraction of sp³-hybridized carbons (Fsp3) is 0.417. The largest absolute Gasteiger partial charge is 0.516 e. The third-order valence-corrected chi connectivity index (χ3v) is 8.32. The number of carbonyl (C=O) groups excluding carboxylic acids is 2. The highest BCUT2D eigenvalue weighted by Crippen LogP contribution is 2.39. The van der Waals surface area contributed by atoms with E-state index in [0.29, 0.717) is 16.4 Å². The molecule has 1 heterocycles. The van der Waals surface area contributed by atoms with Gasteiger partial charge in [-0.25, -0.2) is 13.1 Å². The Kier molecular flexibility index (Phi) is 8.85. The van der Waals surface area contributed by atoms with Crippen LogP contribution in [0.2, 0.25) is 0 Å². The van der Waals surface area contributed by atoms with E-state index in [0.717, 1.165) is 16.9 Å². The number of carbonyl (C=O) groups is 2. The Bertz CT molecular complexity index is 1580. The van der Waals surface area contributed by atoms with Crippen molar-refractivity contribution in [3.8, 4) is 5.75 Å². The van der Waals surface area contributed by atoms with Gasteiger partial charge in [0.15, 0.2) is 0 Å². The number of esters is 1. The summed E-state index contributed by atoms with van der Waals surface area (Å²) in [5.74, 6) is -2.63. The summed E-state index contributed by atoms with van der Waals surface area (Å²) in [7, 11) is -10.9. The number of amides is 1. The van der Waals surface area contributed by atoms with Crippen molar-refractivity contribution in [1.29, 1.82) is 0 Å². The molecule has 0 radical (unpaired) electrons. The lowest BCUT2D eigenvalue weighted by molar-refractivity contribution is -0.154. The molecule has 1 atom stereocenters. The molecule has 42 heavy (non-hydrogen) atoms. The van der Waals surface area contributed by atoms with Crippen LogP contribution in [-0.2, 0) is 47.0 Å². The topological polar surface area (TPSA) is 136 Å². The Morgan fingerprint density at radius 2 is 1.64 bits per heavy atom. The van der Waals surface area contributed by atoms with Crippen molar-refractivity contribution in [3.05, 3.63) is 53.6 Å². The quantitative estimate of drug-likeness (QED) is 0.354. The standard InChI is InChI=1S/C24H24F6N2O8S2/c1-22(2,3)40-21(34)10-14-7-8-19-18(9-14)32(41(35,36)17-6-4-5-15(11-17)23(25,26)27)13-16(39-19)12-20(33)31-42(37,38)24(28,29)30/h4-9,11,16H,10,12-13H2,1-3H3,(H,31,33)/t16-/m0/s1. The minimum Gasteiger partial charge on any atom is -0.486 e. The lowest BCUT2D eigenvalue weighted by Crippen LogP contribution is -2.47. The number of halogens is 6. The molecule has 1 aliphatic heterocycles. The van der Waals surface area contributed by atoms with E-state index >= 15 is 0 Å². The van der Waals surface area contributed by atoms with Crippen LogP contribution in [0.15, 0.2) is 47.4 Å². The molecule has 0 bridgehead atoms. The van der Waals surface area contributed by atoms with Crippen LogP contribution >= 0.6 is 0 Å². The van der Waals surface area contributed by atoms with Gasteiger partial charge in [-0.2, -0.15) is 34.8 Å². The highest BCUT2D eigenvalue weighted by molar-refractivity contribution is 7.92. The number of alkyl halides is 6. The van der Waals surface area contributed by atoms with Gasteiger partial charge in [0.1, 0.15) is 17.5 Å². The molecule has 0 aromatic heterocycles. The molecule has 0 aliphatic carbocycles. The molecular formula is C24H24F6N2O8S2. The van der Waals surface area contributed by atoms with Crippen LogP contribution in [0.25, 0.3) is 0 Å². The van der Waals surface area contributed by atoms with Crippen LogP contribution in [0.1, 0.15) is 38.3 Å². The first-order valence-electron chi connectivity index (χ1n) is 11.8. The van der Waals surface area contributed by atoms with Crippen molar-refractivity contribution in [2.75, 3.05) is 10.8 Å². The summed E-state index contributed by atoms with van der Waals surface area (Å²) in [6.07, 6.45) is -7.90. The number of hydrogen-bond acceptors (Lipinski definition) is 8. The third kappa shape index (κ3) is 7.84. The highest BCUT2D eigenvalue weighted by atomic mass is 32.2. The SMILES string of the molecule is CC(C)(C)OC(=O)Cc1ccc2c(c1)N(S(=O)(=O)c1cccc(C(F)(F)F)c1)C[C@H](CC(=O)NS(=O)(=O)C(F)(F)F)O2. The van der Waals surface area contributed by atoms with Crippen molar-refractivity contribution in [2.24, 2.45) is 0 Å². The first-order valence-corrected chi connectivity index (χ1v) is 14.8. The zero-order chi connectivity index (χ0) is 31.9. The molecule has 0 fully saturated rings. The molecule has 0 unspecified atom stereocenters. The number of sulfonamides is 2. The number of benzene rings is 2. The van der Waals surface area contributed by atoms with Crippen LogP contribution in [0, 0.1) is 0 Å². The number of fused-ring (bicyclic) bond motifs is 1. The zero-order valence-electron chi connectivity index (χ0n) is 22.0. The van der Waals surface area contributed by atoms with Crippen LogP contribution < -0.4 is 13.8 Å². The van der Waals surface area contributed by atoms with Crippen molar-refractivity contribution < 1.29 is 62.2 Å². The Balaban J connectivity index is 2.02. The number of nitrogens with one attached hydrogen (secondary N) is 1. The molecule has 2 aromatic carbocycles. The zero-order valence-corrected chi connectivity index (χ0v) is 23.7. The Morgan fingerprint density at radius 3 is 2.21 bits per heavy atom. The second-order valence-corrected chi connectivity index (χ2v) is 13.6. The molecule has 1 N–H and O–H groups in total. The van der Waals surface area contributed by atoms with E-state index in [2.05, 4.69) is 0 Å². The molecule has 18 heteroatoms. The van der Waals surface area contributed by atoms with E-state index in [-0.39, 0.29) is 23.4 Å². The van der Waals surface area contributed by atoms with Gasteiger partial charge in [0.05, 0.1) is 35.5 Å². The summed E-state index contributed by atoms with van der Waals surface area (Å²) >= 11 is 0. The predicted molar refractivity (Wildman–Crippen MR) is 134 cm³/mol. The number of ether oxygens (including phenoxy) is 2. The molecule has 1 amide bonds. The maximum atomic E-state index is 13.6. The second-order valence-electron chi connectivity index (χ2n) is 10.0. The van der Waals surface area contributed by atoms with E-state index in [1.165, 1.54) is 18.2 Å². The first-order chi connectivity index (χ1) is 19.0. The summed E-state index contributed by atoms with van der Waals surface area (Å²) in [4.78, 5) is 23.6. The van der Waals surface area contributed by atoms with Gasteiger partial charge in [-0.3, -0.25) is 13.9 Å². The maximum absolute atomic E-state index is 13.6. The lowest BCUT2D eigenvalue weighted by atomic mass is 10.1. The van der Waals surface area contributed by atoms with Gasteiger partial charge < -0.3 is 9.47 Å². The Morgan fingerprint density at radius 1 is 1.00 bits per heavy atom. The fourth-order valence-corrected chi connectivity index (χ4v) is 5.81. The molecule has 0 spiro atoms. The minimum atomic E-state index is -6.08. The average molecular weight is 647 g/mol. The van der Waals surface area contributed by atoms with E-state index in [9.17, 15) is 52.8 Å². The maximum Gasteiger partial charge on any atom is 0.516 e. The van der Waals surface area contributed by atoms with Crippen LogP contribution in [0.3, 0.4) is 0 Å². The fourth-order valence-electron chi connectivity index (χ4n) is 3.76. The van der Waals surface area contributed by atoms with Gasteiger partial charge in [-0.15, -0.1) is 0 Å². The summed E-state index contributed by atoms with van der Waals surface area (Å²) < 4.78 is 140. The molecule has 3 rings (SSSR count). The monoisotopic (exact) mass is 646 g/mol. The second kappa shape index (κ2) is 11.3. The van der Waals surface area contributed by atoms with E-state index in [4.69, 9.17) is 9.47 Å². The van der Waals surface area contributed by atoms with Crippen molar-refractivity contribution >= 4 is 37.6 Å². The van der Waals surface area contributed by atoms with Gasteiger partial charge in [0.25, 0.3) is 10.0 Å². The van der Waals surface area contributed by atoms with E-state index in [1.54, 1.807) is 20.8 Å². The highest BCUT2D eigenvalue weighted by Gasteiger charge is 2.47. The summed E-state index contributed by atoms with van der Waals surface area (Å²) in [5.41, 5.74) is -7.99. The van der Waals surface area contributed by atoms with Crippen molar-refractivity contribution in [3.63, 3.8) is 0 Å². The number of rotatable bonds is 7. The Labute approximate surface area is 236 Å². The summed E-state index contributed by atoms with van der Waals surface area (Å²) in [6, 6.07) is 6.43. The van der Waals surface area contributed by atoms with Crippen LogP contribution in [-0.4, -0.2) is 52.5 Å². The van der Waals surface area contributed by atoms with Crippen molar-refractivity contribution in [1.82, 2.24) is 4.72 Å². The summed E-state index contributed by atoms with van der Waals surface area (Å²) in [6.45, 7) is 4.03. The lowest BCUT2D eigenvalue weighted by Gasteiger charge is -2.35. The first kappa shape index (κ1) is 33.0. The number of anilines is 1. The average Bonchev–Trinajstić information content (AvgIpc) is 2.81. The minimum absolute atomic E-state index is 0.211. The van der Waals surface area contributed by atoms with Crippen molar-refractivity contribution in [2.45, 2.75) is 61.9 Å². The van der Waals surface area contributed by atoms with Gasteiger partial charge in [-0.1, -0.05) is 12.1 Å². The van der Waals surface area contributed by atoms with Crippen LogP contribution in [0.5, 0.6) is 5.75 Å². The molecule has 1 aliphatic rings. The molecule has 2 aromatic rings. The van der Waals surface area contributed by atoms with Gasteiger partial charge in [0.2, 0.25) is 5.91 Å². The summed E-state index contributed by atoms with van der Waals surface area (Å²) in [5, 5.41) is 0. The van der Waals surface area contributed by atoms with Gasteiger partial charge in [0, 0.05) is 0 Å². The normalized spacial score (nSPS) is 16.3. The number of hydrogen-bond donors (Lipinski definition) is 1. The molecule has 10 nitrogen and oxygen atoms in total. The van der Waals surface area contributed by atoms with Gasteiger partial charge in [-0.05, 0) is 56.7 Å². The predicted octanol–water partition coefficient (Wildman–Crippen LogP) is 3.90.